The van der Waals surface area contributed by atoms with Crippen molar-refractivity contribution in [2.45, 2.75) is 249 Å². The molecule has 25 nitrogen and oxygen atoms in total. The molecule has 0 unspecified atom stereocenters. The molecule has 0 saturated carbocycles. The van der Waals surface area contributed by atoms with Gasteiger partial charge < -0.3 is 65.6 Å². The quantitative estimate of drug-likeness (QED) is 0.106. The number of ether oxygens (including phenoxy) is 1. The zero-order valence-corrected chi connectivity index (χ0v) is 61.1. The maximum Gasteiger partial charge on any atom is 0.329 e. The third kappa shape index (κ3) is 24.5. The van der Waals surface area contributed by atoms with Crippen LogP contribution in [0.4, 0.5) is 0 Å². The van der Waals surface area contributed by atoms with E-state index in [4.69, 9.17) is 4.74 Å². The summed E-state index contributed by atoms with van der Waals surface area (Å²) in [4.78, 5) is 173. The summed E-state index contributed by atoms with van der Waals surface area (Å²) in [7, 11) is 8.16. The van der Waals surface area contributed by atoms with Gasteiger partial charge in [-0.1, -0.05) is 110 Å². The molecule has 0 radical (unpaired) electrons. The van der Waals surface area contributed by atoms with Gasteiger partial charge >= 0.3 is 5.97 Å². The number of aliphatic hydroxyl groups is 2. The number of nitrogens with zero attached hydrogens (tertiary/aromatic N) is 7. The highest BCUT2D eigenvalue weighted by Crippen LogP contribution is 2.26. The number of amides is 10. The molecule has 2 heterocycles. The summed E-state index contributed by atoms with van der Waals surface area (Å²) < 4.78 is 5.91. The summed E-state index contributed by atoms with van der Waals surface area (Å²) in [6.45, 7) is 30.6. The molecule has 94 heavy (non-hydrogen) atoms. The first-order chi connectivity index (χ1) is 43.5. The average molecular weight is 1330 g/mol. The summed E-state index contributed by atoms with van der Waals surface area (Å²) >= 11 is 0. The molecule has 0 bridgehead atoms. The molecule has 534 valence electrons. The molecule has 2 rings (SSSR count). The molecule has 0 aromatic carbocycles. The Labute approximate surface area is 560 Å². The highest BCUT2D eigenvalue weighted by atomic mass is 16.6. The van der Waals surface area contributed by atoms with Gasteiger partial charge in [-0.25, -0.2) is 4.79 Å². The van der Waals surface area contributed by atoms with E-state index < -0.39 is 162 Å². The molecule has 1 aromatic heterocycles. The number of carbonyl (C=O) groups is 11. The Morgan fingerprint density at radius 3 is 1.38 bits per heavy atom. The van der Waals surface area contributed by atoms with Gasteiger partial charge in [0.1, 0.15) is 54.4 Å². The number of carbonyl (C=O) groups excluding carboxylic acids is 11. The Balaban J connectivity index is 3.03. The second-order valence-electron chi connectivity index (χ2n) is 29.1. The monoisotopic (exact) mass is 1330 g/mol. The number of aryl methyl sites for hydroxylation is 2. The van der Waals surface area contributed by atoms with Crippen LogP contribution in [0, 0.1) is 54.3 Å². The predicted octanol–water partition coefficient (Wildman–Crippen LogP) is 4.11. The van der Waals surface area contributed by atoms with E-state index in [1.807, 2.05) is 94.4 Å². The standard InChI is InChI=1S/C69H119N11O14/c1-37(2)31-49-64(88)77(21)52(34-40(7)8)60(84)71-46(17)69(93)94-59(43(13)14)68(92)78(22)53(35-41(9)10)62(86)73-50(32-38(3)4)65(89)79(23)56(42(11)12)67(91)80(24)57(58(83)44(15)27-25-29-48-30-26-28-45(16)70-48)63(87)74-55(47(18)81)66(90)75(19)36-54(82)76(20)51(33-39(5)6)61(85)72-49/h26,28,30,37-44,46-47,49-53,55-59,81,83H,25,27,29,31-36H2,1-24H3,(H,71,84)(H,72,85)(H,73,86)(H,74,87)/t44-,46-,47-,49-,50-,51+,52-,53-,55-,56-,57-,58-,59+/m1/s1. The molecule has 1 aliphatic heterocycles. The van der Waals surface area contributed by atoms with Gasteiger partial charge in [0.05, 0.1) is 18.8 Å². The molecule has 0 aliphatic carbocycles. The minimum Gasteiger partial charge on any atom is -0.450 e. The third-order valence-corrected chi connectivity index (χ3v) is 17.4. The second-order valence-corrected chi connectivity index (χ2v) is 29.1. The van der Waals surface area contributed by atoms with Crippen LogP contribution in [0.5, 0.6) is 0 Å². The van der Waals surface area contributed by atoms with Crippen LogP contribution in [0.2, 0.25) is 0 Å². The maximum atomic E-state index is 15.3. The lowest BCUT2D eigenvalue weighted by Crippen LogP contribution is -2.64. The number of rotatable bonds is 19. The molecule has 0 spiro atoms. The van der Waals surface area contributed by atoms with Crippen LogP contribution in [0.25, 0.3) is 0 Å². The van der Waals surface area contributed by atoms with E-state index in [9.17, 15) is 48.6 Å². The summed E-state index contributed by atoms with van der Waals surface area (Å²) in [5.74, 6) is -11.6. The van der Waals surface area contributed by atoms with Gasteiger partial charge in [0, 0.05) is 53.7 Å². The number of hydrogen-bond donors (Lipinski definition) is 6. The van der Waals surface area contributed by atoms with E-state index in [-0.39, 0.29) is 61.7 Å². The van der Waals surface area contributed by atoms with Crippen LogP contribution in [0.3, 0.4) is 0 Å². The number of cyclic esters (lactones) is 1. The van der Waals surface area contributed by atoms with Crippen LogP contribution >= 0.6 is 0 Å². The number of nitrogens with one attached hydrogen (secondary N) is 4. The van der Waals surface area contributed by atoms with Crippen molar-refractivity contribution in [3.63, 3.8) is 0 Å². The molecule has 10 amide bonds. The molecule has 1 aliphatic rings. The largest absolute Gasteiger partial charge is 0.450 e. The summed E-state index contributed by atoms with van der Waals surface area (Å²) in [5, 5.41) is 34.8. The van der Waals surface area contributed by atoms with E-state index in [1.165, 1.54) is 70.8 Å². The third-order valence-electron chi connectivity index (χ3n) is 17.4. The Morgan fingerprint density at radius 2 is 0.947 bits per heavy atom. The number of aromatic nitrogens is 1. The number of aliphatic hydroxyl groups excluding tert-OH is 2. The second kappa shape index (κ2) is 38.1. The summed E-state index contributed by atoms with van der Waals surface area (Å²) in [5.41, 5.74) is 1.63. The van der Waals surface area contributed by atoms with Crippen molar-refractivity contribution in [3.05, 3.63) is 29.6 Å². The van der Waals surface area contributed by atoms with Crippen molar-refractivity contribution in [3.8, 4) is 0 Å². The molecular weight excluding hydrogens is 1210 g/mol. The van der Waals surface area contributed by atoms with Gasteiger partial charge in [-0.15, -0.1) is 0 Å². The molecule has 25 heteroatoms. The van der Waals surface area contributed by atoms with Crippen molar-refractivity contribution in [2.75, 3.05) is 48.8 Å². The van der Waals surface area contributed by atoms with Crippen LogP contribution in [-0.2, 0) is 63.9 Å². The fourth-order valence-corrected chi connectivity index (χ4v) is 11.8. The Morgan fingerprint density at radius 1 is 0.511 bits per heavy atom. The Hall–Kier alpha value is -6.76. The van der Waals surface area contributed by atoms with Gasteiger partial charge in [0.25, 0.3) is 5.91 Å². The smallest absolute Gasteiger partial charge is 0.329 e. The average Bonchev–Trinajstić information content (AvgIpc) is 0.812. The van der Waals surface area contributed by atoms with E-state index in [2.05, 4.69) is 26.3 Å². The molecule has 6 N–H and O–H groups in total. The molecule has 1 saturated heterocycles. The van der Waals surface area contributed by atoms with Gasteiger partial charge in [0.15, 0.2) is 6.10 Å². The van der Waals surface area contributed by atoms with E-state index in [0.717, 1.165) is 26.1 Å². The number of hydrogen-bond acceptors (Lipinski definition) is 15. The number of pyridine rings is 1. The Kier molecular flexibility index (Phi) is 33.8. The molecule has 1 fully saturated rings. The number of esters is 1. The van der Waals surface area contributed by atoms with Gasteiger partial charge in [-0.3, -0.25) is 52.9 Å². The summed E-state index contributed by atoms with van der Waals surface area (Å²) in [6.07, 6.45) is -2.83. The van der Waals surface area contributed by atoms with Crippen molar-refractivity contribution in [1.82, 2.24) is 55.7 Å². The minimum absolute atomic E-state index is 0.0735. The highest BCUT2D eigenvalue weighted by molar-refractivity contribution is 5.99. The minimum atomic E-state index is -1.77. The Bertz CT molecular complexity index is 2720. The number of likely N-dealkylation sites (N-methyl/N-ethyl adjacent to an activating group) is 6. The lowest BCUT2D eigenvalue weighted by Gasteiger charge is -2.40. The lowest BCUT2D eigenvalue weighted by atomic mass is 9.90. The first kappa shape index (κ1) is 83.3. The van der Waals surface area contributed by atoms with Crippen molar-refractivity contribution in [1.29, 1.82) is 0 Å². The molecule has 1 aromatic rings. The summed E-state index contributed by atoms with van der Waals surface area (Å²) in [6, 6.07) is -6.71. The van der Waals surface area contributed by atoms with Crippen molar-refractivity contribution >= 4 is 65.0 Å². The normalized spacial score (nSPS) is 25.6. The van der Waals surface area contributed by atoms with Crippen LogP contribution in [-0.4, -0.2) is 231 Å². The zero-order valence-electron chi connectivity index (χ0n) is 61.1. The first-order valence-electron chi connectivity index (χ1n) is 33.7. The van der Waals surface area contributed by atoms with E-state index in [1.54, 1.807) is 34.6 Å². The molecular formula is C69H119N11O14. The fourth-order valence-electron chi connectivity index (χ4n) is 11.8. The van der Waals surface area contributed by atoms with Gasteiger partial charge in [-0.05, 0) is 132 Å². The SMILES string of the molecule is Cc1cccc(CCC[C@@H](C)[C@@H](O)[C@@H]2C(=O)N[C@H]([C@@H](C)O)C(=O)N(C)CC(=O)N(C)[C@@H](CC(C)C)C(=O)N[C@H](CC(C)C)C(=O)N(C)[C@H](CC(C)C)C(=O)N[C@H](C)C(=O)O[C@@H](C(C)C)C(=O)N(C)[C@H](CC(C)C)C(=O)N[C@H](CC(C)C)C(=O)N(C)[C@H](C(C)C)C(=O)N2C)n1. The van der Waals surface area contributed by atoms with E-state index in [0.29, 0.717) is 19.3 Å². The predicted molar refractivity (Wildman–Crippen MR) is 359 cm³/mol. The van der Waals surface area contributed by atoms with Gasteiger partial charge in [-0.2, -0.15) is 0 Å². The fraction of sp³-hybridized carbons (Fsp3) is 0.768. The van der Waals surface area contributed by atoms with Crippen LogP contribution in [0.15, 0.2) is 18.2 Å². The molecule has 13 atom stereocenters. The van der Waals surface area contributed by atoms with Gasteiger partial charge in [0.2, 0.25) is 53.2 Å². The van der Waals surface area contributed by atoms with Crippen LogP contribution in [0.1, 0.15) is 174 Å². The first-order valence-corrected chi connectivity index (χ1v) is 33.7. The van der Waals surface area contributed by atoms with Crippen molar-refractivity contribution < 1.29 is 67.7 Å². The van der Waals surface area contributed by atoms with Crippen molar-refractivity contribution in [2.24, 2.45) is 47.3 Å². The topological polar surface area (TPSA) is 318 Å². The lowest BCUT2D eigenvalue weighted by molar-refractivity contribution is -0.166. The highest BCUT2D eigenvalue weighted by Gasteiger charge is 2.46. The zero-order chi connectivity index (χ0) is 72.2. The van der Waals surface area contributed by atoms with Crippen LogP contribution < -0.4 is 21.3 Å². The van der Waals surface area contributed by atoms with E-state index >= 15 is 14.4 Å². The maximum absolute atomic E-state index is 15.3.